The summed E-state index contributed by atoms with van der Waals surface area (Å²) in [4.78, 5) is 10.5. The number of hydrazine groups is 1. The zero-order chi connectivity index (χ0) is 8.15. The lowest BCUT2D eigenvalue weighted by Gasteiger charge is -2.12. The highest BCUT2D eigenvalue weighted by Crippen LogP contribution is 2.04. The zero-order valence-electron chi connectivity index (χ0n) is 6.29. The Morgan fingerprint density at radius 1 is 1.70 bits per heavy atom. The largest absolute Gasteiger partial charge is 0.392 e. The Hall–Kier alpha value is -0.610. The van der Waals surface area contributed by atoms with E-state index < -0.39 is 6.10 Å². The molecule has 4 heteroatoms. The van der Waals surface area contributed by atoms with Crippen molar-refractivity contribution in [3.8, 4) is 0 Å². The van der Waals surface area contributed by atoms with Crippen LogP contribution in [-0.4, -0.2) is 17.1 Å². The molecule has 1 atom stereocenters. The molecule has 0 aromatic rings. The Balaban J connectivity index is 3.57. The summed E-state index contributed by atoms with van der Waals surface area (Å²) >= 11 is 0. The highest BCUT2D eigenvalue weighted by molar-refractivity contribution is 5.75. The van der Waals surface area contributed by atoms with Gasteiger partial charge in [-0.1, -0.05) is 13.8 Å². The van der Waals surface area contributed by atoms with Gasteiger partial charge in [-0.3, -0.25) is 10.2 Å². The number of carbonyl (C=O) groups excluding carboxylic acids is 1. The van der Waals surface area contributed by atoms with Crippen LogP contribution in [-0.2, 0) is 4.79 Å². The number of amides is 1. The molecular formula is C6H14N2O2. The Bertz CT molecular complexity index is 114. The summed E-state index contributed by atoms with van der Waals surface area (Å²) in [6.45, 7) is 3.68. The van der Waals surface area contributed by atoms with Gasteiger partial charge in [0.1, 0.15) is 0 Å². The third-order valence-corrected chi connectivity index (χ3v) is 1.33. The highest BCUT2D eigenvalue weighted by Gasteiger charge is 2.12. The first-order valence-electron chi connectivity index (χ1n) is 3.25. The van der Waals surface area contributed by atoms with Gasteiger partial charge in [-0.2, -0.15) is 0 Å². The lowest BCUT2D eigenvalue weighted by molar-refractivity contribution is -0.123. The second kappa shape index (κ2) is 4.24. The average molecular weight is 146 g/mol. The van der Waals surface area contributed by atoms with E-state index in [1.165, 1.54) is 0 Å². The van der Waals surface area contributed by atoms with E-state index in [4.69, 9.17) is 10.9 Å². The van der Waals surface area contributed by atoms with Crippen molar-refractivity contribution in [2.24, 2.45) is 11.8 Å². The number of rotatable bonds is 3. The van der Waals surface area contributed by atoms with Gasteiger partial charge in [0.05, 0.1) is 12.5 Å². The minimum atomic E-state index is -0.594. The van der Waals surface area contributed by atoms with Gasteiger partial charge in [-0.15, -0.1) is 0 Å². The minimum absolute atomic E-state index is 0.0775. The van der Waals surface area contributed by atoms with E-state index >= 15 is 0 Å². The fourth-order valence-electron chi connectivity index (χ4n) is 0.485. The fourth-order valence-corrected chi connectivity index (χ4v) is 0.485. The lowest BCUT2D eigenvalue weighted by atomic mass is 10.0. The van der Waals surface area contributed by atoms with Crippen molar-refractivity contribution in [1.82, 2.24) is 5.43 Å². The van der Waals surface area contributed by atoms with Gasteiger partial charge in [-0.25, -0.2) is 5.84 Å². The molecule has 0 fully saturated rings. The summed E-state index contributed by atoms with van der Waals surface area (Å²) in [5, 5.41) is 9.11. The molecule has 0 spiro atoms. The molecule has 0 heterocycles. The first-order chi connectivity index (χ1) is 4.57. The molecule has 1 unspecified atom stereocenters. The van der Waals surface area contributed by atoms with E-state index in [1.807, 2.05) is 19.3 Å². The van der Waals surface area contributed by atoms with Gasteiger partial charge in [0.25, 0.3) is 0 Å². The van der Waals surface area contributed by atoms with Crippen LogP contribution >= 0.6 is 0 Å². The number of hydrogen-bond acceptors (Lipinski definition) is 3. The smallest absolute Gasteiger partial charge is 0.236 e. The predicted molar refractivity (Wildman–Crippen MR) is 37.8 cm³/mol. The van der Waals surface area contributed by atoms with Crippen molar-refractivity contribution in [2.45, 2.75) is 26.4 Å². The summed E-state index contributed by atoms with van der Waals surface area (Å²) in [5.41, 5.74) is 1.95. The van der Waals surface area contributed by atoms with E-state index in [0.717, 1.165) is 0 Å². The first kappa shape index (κ1) is 9.39. The molecular weight excluding hydrogens is 132 g/mol. The van der Waals surface area contributed by atoms with Gasteiger partial charge < -0.3 is 5.11 Å². The fraction of sp³-hybridized carbons (Fsp3) is 0.833. The molecule has 10 heavy (non-hydrogen) atoms. The molecule has 0 aromatic carbocycles. The maximum absolute atomic E-state index is 10.5. The van der Waals surface area contributed by atoms with Crippen molar-refractivity contribution < 1.29 is 9.90 Å². The van der Waals surface area contributed by atoms with Gasteiger partial charge >= 0.3 is 0 Å². The molecule has 0 bridgehead atoms. The molecule has 1 amide bonds. The monoisotopic (exact) mass is 146 g/mol. The minimum Gasteiger partial charge on any atom is -0.392 e. The Kier molecular flexibility index (Phi) is 3.99. The zero-order valence-corrected chi connectivity index (χ0v) is 6.29. The van der Waals surface area contributed by atoms with Crippen molar-refractivity contribution in [2.75, 3.05) is 0 Å². The normalized spacial score (nSPS) is 13.3. The van der Waals surface area contributed by atoms with Crippen LogP contribution in [0.4, 0.5) is 0 Å². The van der Waals surface area contributed by atoms with E-state index in [2.05, 4.69) is 0 Å². The molecule has 0 saturated carbocycles. The Morgan fingerprint density at radius 2 is 2.20 bits per heavy atom. The molecule has 0 saturated heterocycles. The Morgan fingerprint density at radius 3 is 2.50 bits per heavy atom. The van der Waals surface area contributed by atoms with E-state index in [1.54, 1.807) is 0 Å². The predicted octanol–water partition coefficient (Wildman–Crippen LogP) is -0.617. The van der Waals surface area contributed by atoms with Gasteiger partial charge in [0.2, 0.25) is 5.91 Å². The molecule has 0 aliphatic rings. The lowest BCUT2D eigenvalue weighted by Crippen LogP contribution is -2.34. The molecule has 4 N–H and O–H groups in total. The van der Waals surface area contributed by atoms with Crippen LogP contribution in [0.3, 0.4) is 0 Å². The summed E-state index contributed by atoms with van der Waals surface area (Å²) in [6.07, 6.45) is -0.516. The highest BCUT2D eigenvalue weighted by atomic mass is 16.3. The van der Waals surface area contributed by atoms with Gasteiger partial charge in [0.15, 0.2) is 0 Å². The van der Waals surface area contributed by atoms with Gasteiger partial charge in [-0.05, 0) is 5.92 Å². The van der Waals surface area contributed by atoms with Crippen molar-refractivity contribution >= 4 is 5.91 Å². The quantitative estimate of drug-likeness (QED) is 0.282. The molecule has 0 aliphatic carbocycles. The van der Waals surface area contributed by atoms with Crippen LogP contribution in [0.15, 0.2) is 0 Å². The number of hydrogen-bond donors (Lipinski definition) is 3. The average Bonchev–Trinajstić information content (AvgIpc) is 1.87. The maximum Gasteiger partial charge on any atom is 0.236 e. The summed E-state index contributed by atoms with van der Waals surface area (Å²) < 4.78 is 0. The SMILES string of the molecule is CC(C)C(O)CC(=O)NN. The van der Waals surface area contributed by atoms with Crippen LogP contribution in [0, 0.1) is 5.92 Å². The van der Waals surface area contributed by atoms with Crippen molar-refractivity contribution in [3.05, 3.63) is 0 Å². The summed E-state index contributed by atoms with van der Waals surface area (Å²) in [6, 6.07) is 0. The Labute approximate surface area is 60.4 Å². The first-order valence-corrected chi connectivity index (χ1v) is 3.25. The van der Waals surface area contributed by atoms with E-state index in [9.17, 15) is 4.79 Å². The number of carbonyl (C=O) groups is 1. The topological polar surface area (TPSA) is 75.3 Å². The number of aliphatic hydroxyl groups is 1. The molecule has 0 aromatic heterocycles. The standard InChI is InChI=1S/C6H14N2O2/c1-4(2)5(9)3-6(10)8-7/h4-5,9H,3,7H2,1-2H3,(H,8,10). The summed E-state index contributed by atoms with van der Waals surface area (Å²) in [5.74, 6) is 4.57. The van der Waals surface area contributed by atoms with Crippen LogP contribution in [0.1, 0.15) is 20.3 Å². The van der Waals surface area contributed by atoms with Gasteiger partial charge in [0, 0.05) is 0 Å². The molecule has 60 valence electrons. The molecule has 0 radical (unpaired) electrons. The molecule has 4 nitrogen and oxygen atoms in total. The number of aliphatic hydroxyl groups excluding tert-OH is 1. The maximum atomic E-state index is 10.5. The number of nitrogens with two attached hydrogens (primary N) is 1. The van der Waals surface area contributed by atoms with Crippen LogP contribution in [0.2, 0.25) is 0 Å². The van der Waals surface area contributed by atoms with Crippen LogP contribution < -0.4 is 11.3 Å². The number of nitrogens with one attached hydrogen (secondary N) is 1. The van der Waals surface area contributed by atoms with Crippen LogP contribution in [0.5, 0.6) is 0 Å². The summed E-state index contributed by atoms with van der Waals surface area (Å²) in [7, 11) is 0. The van der Waals surface area contributed by atoms with E-state index in [-0.39, 0.29) is 18.2 Å². The van der Waals surface area contributed by atoms with E-state index in [0.29, 0.717) is 0 Å². The van der Waals surface area contributed by atoms with Crippen LogP contribution in [0.25, 0.3) is 0 Å². The molecule has 0 rings (SSSR count). The third-order valence-electron chi connectivity index (χ3n) is 1.33. The second-order valence-electron chi connectivity index (χ2n) is 2.58. The van der Waals surface area contributed by atoms with Crippen molar-refractivity contribution in [1.29, 1.82) is 0 Å². The third kappa shape index (κ3) is 3.42. The van der Waals surface area contributed by atoms with Crippen molar-refractivity contribution in [3.63, 3.8) is 0 Å². The molecule has 0 aliphatic heterocycles. The second-order valence-corrected chi connectivity index (χ2v) is 2.58.